The first-order valence-corrected chi connectivity index (χ1v) is 9.59. The third kappa shape index (κ3) is 5.20. The summed E-state index contributed by atoms with van der Waals surface area (Å²) >= 11 is 14.1. The molecule has 21 heavy (non-hydrogen) atoms. The van der Waals surface area contributed by atoms with Crippen molar-refractivity contribution < 1.29 is 0 Å². The van der Waals surface area contributed by atoms with Crippen LogP contribution in [0.25, 0.3) is 0 Å². The molecule has 0 aliphatic carbocycles. The van der Waals surface area contributed by atoms with Crippen LogP contribution in [0.3, 0.4) is 0 Å². The van der Waals surface area contributed by atoms with E-state index in [1.165, 1.54) is 4.90 Å². The Kier molecular flexibility index (Phi) is 6.47. The monoisotopic (exact) mass is 446 g/mol. The molecular weight excluding hydrogens is 432 g/mol. The molecule has 2 nitrogen and oxygen atoms in total. The quantitative estimate of drug-likeness (QED) is 0.439. The SMILES string of the molecule is CC(C)Cc1[nH]c(CSc2ccc(Br)cc2)nc(=S)c1Br. The molecule has 0 spiro atoms. The maximum absolute atomic E-state index is 5.34. The summed E-state index contributed by atoms with van der Waals surface area (Å²) in [5.74, 6) is 2.28. The molecule has 1 heterocycles. The lowest BCUT2D eigenvalue weighted by atomic mass is 10.1. The fourth-order valence-corrected chi connectivity index (χ4v) is 3.47. The number of aromatic nitrogens is 2. The summed E-state index contributed by atoms with van der Waals surface area (Å²) in [7, 11) is 0. The second-order valence-electron chi connectivity index (χ2n) is 5.12. The first-order chi connectivity index (χ1) is 9.95. The Labute approximate surface area is 151 Å². The number of benzene rings is 1. The van der Waals surface area contributed by atoms with Gasteiger partial charge in [0.05, 0.1) is 10.2 Å². The van der Waals surface area contributed by atoms with Gasteiger partial charge in [0.25, 0.3) is 0 Å². The Morgan fingerprint density at radius 3 is 2.52 bits per heavy atom. The van der Waals surface area contributed by atoms with Crippen LogP contribution in [0.15, 0.2) is 38.1 Å². The smallest absolute Gasteiger partial charge is 0.144 e. The molecule has 2 aromatic rings. The molecular formula is C15H16Br2N2S2. The van der Waals surface area contributed by atoms with E-state index >= 15 is 0 Å². The lowest BCUT2D eigenvalue weighted by molar-refractivity contribution is 0.629. The van der Waals surface area contributed by atoms with Gasteiger partial charge in [0.15, 0.2) is 0 Å². The second-order valence-corrected chi connectivity index (χ2v) is 8.27. The molecule has 0 bridgehead atoms. The Morgan fingerprint density at radius 2 is 1.90 bits per heavy atom. The lowest BCUT2D eigenvalue weighted by Gasteiger charge is -2.10. The Morgan fingerprint density at radius 1 is 1.24 bits per heavy atom. The predicted molar refractivity (Wildman–Crippen MR) is 99.4 cm³/mol. The topological polar surface area (TPSA) is 28.7 Å². The number of nitrogens with one attached hydrogen (secondary N) is 1. The van der Waals surface area contributed by atoms with Gasteiger partial charge >= 0.3 is 0 Å². The van der Waals surface area contributed by atoms with Gasteiger partial charge in [0.1, 0.15) is 10.5 Å². The van der Waals surface area contributed by atoms with Crippen LogP contribution >= 0.6 is 55.8 Å². The molecule has 0 amide bonds. The molecule has 1 aromatic heterocycles. The predicted octanol–water partition coefficient (Wildman–Crippen LogP) is 6.15. The van der Waals surface area contributed by atoms with Gasteiger partial charge in [0, 0.05) is 15.1 Å². The van der Waals surface area contributed by atoms with E-state index in [4.69, 9.17) is 12.2 Å². The molecule has 2 rings (SSSR count). The molecule has 112 valence electrons. The van der Waals surface area contributed by atoms with Crippen molar-refractivity contribution >= 4 is 55.8 Å². The highest BCUT2D eigenvalue weighted by atomic mass is 79.9. The highest BCUT2D eigenvalue weighted by Gasteiger charge is 2.08. The van der Waals surface area contributed by atoms with Crippen molar-refractivity contribution in [3.05, 3.63) is 49.4 Å². The number of nitrogens with zero attached hydrogens (tertiary/aromatic N) is 1. The first kappa shape index (κ1) is 17.2. The molecule has 0 aliphatic rings. The van der Waals surface area contributed by atoms with Gasteiger partial charge in [-0.1, -0.05) is 42.0 Å². The Hall–Kier alpha value is -0.170. The molecule has 0 atom stereocenters. The number of hydrogen-bond donors (Lipinski definition) is 1. The van der Waals surface area contributed by atoms with Crippen LogP contribution in [0, 0.1) is 10.6 Å². The van der Waals surface area contributed by atoms with E-state index in [0.717, 1.165) is 32.6 Å². The Balaban J connectivity index is 2.14. The highest BCUT2D eigenvalue weighted by Crippen LogP contribution is 2.25. The molecule has 1 N–H and O–H groups in total. The molecule has 1 aromatic carbocycles. The van der Waals surface area contributed by atoms with Crippen molar-refractivity contribution in [3.63, 3.8) is 0 Å². The van der Waals surface area contributed by atoms with Crippen LogP contribution in [0.1, 0.15) is 25.4 Å². The standard InChI is InChI=1S/C15H16Br2N2S2/c1-9(2)7-12-14(17)15(20)19-13(18-12)8-21-11-5-3-10(16)4-6-11/h3-6,9H,7-8H2,1-2H3,(H,18,19,20). The van der Waals surface area contributed by atoms with Gasteiger partial charge < -0.3 is 4.98 Å². The summed E-state index contributed by atoms with van der Waals surface area (Å²) in [6.45, 7) is 4.39. The zero-order valence-electron chi connectivity index (χ0n) is 11.8. The normalized spacial score (nSPS) is 11.1. The van der Waals surface area contributed by atoms with Gasteiger partial charge in [-0.15, -0.1) is 11.8 Å². The molecule has 0 radical (unpaired) electrons. The summed E-state index contributed by atoms with van der Waals surface area (Å²) in [5, 5.41) is 0. The van der Waals surface area contributed by atoms with E-state index in [2.05, 4.69) is 67.8 Å². The average Bonchev–Trinajstić information content (AvgIpc) is 2.43. The summed E-state index contributed by atoms with van der Waals surface area (Å²) < 4.78 is 2.65. The van der Waals surface area contributed by atoms with E-state index in [9.17, 15) is 0 Å². The maximum Gasteiger partial charge on any atom is 0.144 e. The third-order valence-corrected chi connectivity index (χ3v) is 5.75. The maximum atomic E-state index is 5.34. The molecule has 0 fully saturated rings. The lowest BCUT2D eigenvalue weighted by Crippen LogP contribution is -2.04. The minimum atomic E-state index is 0.571. The van der Waals surface area contributed by atoms with E-state index in [-0.39, 0.29) is 0 Å². The van der Waals surface area contributed by atoms with Crippen LogP contribution in [-0.4, -0.2) is 9.97 Å². The van der Waals surface area contributed by atoms with Crippen molar-refractivity contribution in [2.45, 2.75) is 30.9 Å². The van der Waals surface area contributed by atoms with Crippen LogP contribution in [0.5, 0.6) is 0 Å². The van der Waals surface area contributed by atoms with Gasteiger partial charge in [0.2, 0.25) is 0 Å². The van der Waals surface area contributed by atoms with Crippen LogP contribution in [0.4, 0.5) is 0 Å². The molecule has 0 aliphatic heterocycles. The number of rotatable bonds is 5. The molecule has 0 saturated heterocycles. The van der Waals surface area contributed by atoms with Gasteiger partial charge in [-0.3, -0.25) is 0 Å². The number of halogens is 2. The van der Waals surface area contributed by atoms with E-state index < -0.39 is 0 Å². The van der Waals surface area contributed by atoms with Crippen molar-refractivity contribution in [2.24, 2.45) is 5.92 Å². The zero-order chi connectivity index (χ0) is 15.4. The minimum Gasteiger partial charge on any atom is -0.345 e. The van der Waals surface area contributed by atoms with Crippen LogP contribution < -0.4 is 0 Å². The van der Waals surface area contributed by atoms with E-state index in [0.29, 0.717) is 10.6 Å². The first-order valence-electron chi connectivity index (χ1n) is 6.61. The molecule has 0 saturated carbocycles. The number of H-pyrrole nitrogens is 1. The minimum absolute atomic E-state index is 0.571. The fraction of sp³-hybridized carbons (Fsp3) is 0.333. The van der Waals surface area contributed by atoms with Gasteiger partial charge in [-0.05, 0) is 52.5 Å². The van der Waals surface area contributed by atoms with Crippen molar-refractivity contribution in [1.29, 1.82) is 0 Å². The number of aromatic amines is 1. The van der Waals surface area contributed by atoms with Crippen molar-refractivity contribution in [3.8, 4) is 0 Å². The van der Waals surface area contributed by atoms with Crippen molar-refractivity contribution in [1.82, 2.24) is 9.97 Å². The number of hydrogen-bond acceptors (Lipinski definition) is 3. The molecule has 6 heteroatoms. The van der Waals surface area contributed by atoms with E-state index in [1.54, 1.807) is 11.8 Å². The van der Waals surface area contributed by atoms with Gasteiger partial charge in [-0.25, -0.2) is 4.98 Å². The largest absolute Gasteiger partial charge is 0.345 e. The third-order valence-electron chi connectivity index (χ3n) is 2.79. The number of thioether (sulfide) groups is 1. The highest BCUT2D eigenvalue weighted by molar-refractivity contribution is 9.10. The van der Waals surface area contributed by atoms with Crippen LogP contribution in [-0.2, 0) is 12.2 Å². The summed E-state index contributed by atoms with van der Waals surface area (Å²) in [6.07, 6.45) is 0.961. The van der Waals surface area contributed by atoms with Gasteiger partial charge in [-0.2, -0.15) is 0 Å². The Bertz CT molecular complexity index is 666. The summed E-state index contributed by atoms with van der Waals surface area (Å²) in [5.41, 5.74) is 1.14. The summed E-state index contributed by atoms with van der Waals surface area (Å²) in [6, 6.07) is 8.28. The molecule has 0 unspecified atom stereocenters. The van der Waals surface area contributed by atoms with E-state index in [1.807, 2.05) is 12.1 Å². The zero-order valence-corrected chi connectivity index (χ0v) is 16.6. The average molecular weight is 448 g/mol. The van der Waals surface area contributed by atoms with Crippen molar-refractivity contribution in [2.75, 3.05) is 0 Å². The fourth-order valence-electron chi connectivity index (χ4n) is 1.86. The summed E-state index contributed by atoms with van der Waals surface area (Å²) in [4.78, 5) is 9.08. The van der Waals surface area contributed by atoms with Crippen LogP contribution in [0.2, 0.25) is 0 Å². The second kappa shape index (κ2) is 7.90.